The number of aryl methyl sites for hydroxylation is 1. The largest absolute Gasteiger partial charge is 0.330 e. The highest BCUT2D eigenvalue weighted by atomic mass is 35.5. The second-order valence-corrected chi connectivity index (χ2v) is 9.62. The van der Waals surface area contributed by atoms with E-state index in [4.69, 9.17) is 11.6 Å². The van der Waals surface area contributed by atoms with Crippen molar-refractivity contribution in [1.29, 1.82) is 0 Å². The van der Waals surface area contributed by atoms with Crippen molar-refractivity contribution >= 4 is 34.8 Å². The first kappa shape index (κ1) is 22.6. The lowest BCUT2D eigenvalue weighted by Crippen LogP contribution is -2.47. The Bertz CT molecular complexity index is 1090. The molecule has 0 aliphatic carbocycles. The monoisotopic (exact) mass is 466 g/mol. The molecule has 1 aromatic heterocycles. The zero-order valence-corrected chi connectivity index (χ0v) is 20.0. The molecule has 0 saturated carbocycles. The highest BCUT2D eigenvalue weighted by Gasteiger charge is 2.34. The Balaban J connectivity index is 1.60. The van der Waals surface area contributed by atoms with Crippen LogP contribution in [0.3, 0.4) is 0 Å². The topological polar surface area (TPSA) is 40.6 Å². The fourth-order valence-corrected chi connectivity index (χ4v) is 5.27. The van der Waals surface area contributed by atoms with Gasteiger partial charge in [0, 0.05) is 28.6 Å². The number of fused-ring (bicyclic) bond motifs is 1. The molecule has 2 aromatic carbocycles. The minimum atomic E-state index is -0.142. The summed E-state index contributed by atoms with van der Waals surface area (Å²) in [5.41, 5.74) is 4.04. The van der Waals surface area contributed by atoms with Crippen LogP contribution >= 0.6 is 22.9 Å². The highest BCUT2D eigenvalue weighted by molar-refractivity contribution is 7.10. The van der Waals surface area contributed by atoms with E-state index in [2.05, 4.69) is 42.6 Å². The summed E-state index contributed by atoms with van der Waals surface area (Å²) < 4.78 is 0. The standard InChI is InChI=1S/C26H27ClN2O2S/c1-3-14-28(26(31)20-8-10-21(27)11-9-20)17-24(30)29-15-12-23-22(13-16-32-23)25(29)19-6-4-18(2)5-7-19/h4-11,13,16,25H,3,12,14-15,17H2,1-2H3. The molecule has 1 aliphatic rings. The Morgan fingerprint density at radius 2 is 1.81 bits per heavy atom. The van der Waals surface area contributed by atoms with E-state index in [0.29, 0.717) is 23.7 Å². The van der Waals surface area contributed by atoms with Crippen LogP contribution < -0.4 is 0 Å². The molecule has 0 radical (unpaired) electrons. The number of benzene rings is 2. The quantitative estimate of drug-likeness (QED) is 0.465. The molecule has 4 rings (SSSR count). The molecule has 2 amide bonds. The van der Waals surface area contributed by atoms with E-state index >= 15 is 0 Å². The van der Waals surface area contributed by atoms with Gasteiger partial charge >= 0.3 is 0 Å². The summed E-state index contributed by atoms with van der Waals surface area (Å²) in [7, 11) is 0. The summed E-state index contributed by atoms with van der Waals surface area (Å²) in [6.07, 6.45) is 1.63. The molecule has 0 saturated heterocycles. The molecular weight excluding hydrogens is 440 g/mol. The van der Waals surface area contributed by atoms with Gasteiger partial charge in [0.2, 0.25) is 5.91 Å². The first-order valence-electron chi connectivity index (χ1n) is 10.9. The van der Waals surface area contributed by atoms with Gasteiger partial charge in [-0.2, -0.15) is 0 Å². The maximum Gasteiger partial charge on any atom is 0.254 e. The zero-order valence-electron chi connectivity index (χ0n) is 18.4. The summed E-state index contributed by atoms with van der Waals surface area (Å²) in [6.45, 7) is 5.33. The summed E-state index contributed by atoms with van der Waals surface area (Å²) in [5, 5.41) is 2.69. The number of amides is 2. The Morgan fingerprint density at radius 1 is 1.09 bits per heavy atom. The Morgan fingerprint density at radius 3 is 2.50 bits per heavy atom. The van der Waals surface area contributed by atoms with Gasteiger partial charge in [-0.05, 0) is 66.6 Å². The van der Waals surface area contributed by atoms with Crippen LogP contribution in [-0.2, 0) is 11.2 Å². The molecule has 4 nitrogen and oxygen atoms in total. The number of nitrogens with zero attached hydrogens (tertiary/aromatic N) is 2. The van der Waals surface area contributed by atoms with E-state index in [1.165, 1.54) is 16.0 Å². The average molecular weight is 467 g/mol. The van der Waals surface area contributed by atoms with Crippen LogP contribution in [0.4, 0.5) is 0 Å². The second-order valence-electron chi connectivity index (χ2n) is 8.18. The lowest BCUT2D eigenvalue weighted by molar-refractivity contribution is -0.134. The molecule has 0 fully saturated rings. The van der Waals surface area contributed by atoms with Gasteiger partial charge in [0.25, 0.3) is 5.91 Å². The van der Waals surface area contributed by atoms with Gasteiger partial charge in [0.05, 0.1) is 6.04 Å². The number of rotatable bonds is 6. The lowest BCUT2D eigenvalue weighted by Gasteiger charge is -2.37. The van der Waals surface area contributed by atoms with Crippen molar-refractivity contribution in [2.75, 3.05) is 19.6 Å². The van der Waals surface area contributed by atoms with Crippen molar-refractivity contribution in [3.8, 4) is 0 Å². The van der Waals surface area contributed by atoms with Crippen LogP contribution in [0.2, 0.25) is 5.02 Å². The third-order valence-corrected chi connectivity index (χ3v) is 7.13. The Labute approximate surface area is 198 Å². The minimum Gasteiger partial charge on any atom is -0.330 e. The second kappa shape index (κ2) is 9.88. The van der Waals surface area contributed by atoms with E-state index in [-0.39, 0.29) is 24.4 Å². The van der Waals surface area contributed by atoms with Gasteiger partial charge in [0.1, 0.15) is 6.54 Å². The average Bonchev–Trinajstić information content (AvgIpc) is 3.28. The number of carbonyl (C=O) groups is 2. The van der Waals surface area contributed by atoms with Crippen LogP contribution in [-0.4, -0.2) is 41.2 Å². The van der Waals surface area contributed by atoms with Gasteiger partial charge in [0.15, 0.2) is 0 Å². The first-order chi connectivity index (χ1) is 15.5. The van der Waals surface area contributed by atoms with Crippen LogP contribution in [0, 0.1) is 6.92 Å². The molecule has 1 unspecified atom stereocenters. The summed E-state index contributed by atoms with van der Waals surface area (Å²) in [6, 6.07) is 17.2. The Hall–Kier alpha value is -2.63. The fourth-order valence-electron chi connectivity index (χ4n) is 4.24. The van der Waals surface area contributed by atoms with Crippen molar-refractivity contribution < 1.29 is 9.59 Å². The van der Waals surface area contributed by atoms with Gasteiger partial charge in [-0.1, -0.05) is 48.4 Å². The van der Waals surface area contributed by atoms with Gasteiger partial charge in [-0.25, -0.2) is 0 Å². The van der Waals surface area contributed by atoms with Crippen LogP contribution in [0.5, 0.6) is 0 Å². The van der Waals surface area contributed by atoms with Crippen molar-refractivity contribution in [3.63, 3.8) is 0 Å². The predicted molar refractivity (Wildman–Crippen MR) is 130 cm³/mol. The normalized spacial score (nSPS) is 15.3. The number of hydrogen-bond acceptors (Lipinski definition) is 3. The molecule has 3 aromatic rings. The molecule has 0 spiro atoms. The van der Waals surface area contributed by atoms with Crippen LogP contribution in [0.1, 0.15) is 51.3 Å². The summed E-state index contributed by atoms with van der Waals surface area (Å²) in [5.74, 6) is -0.167. The summed E-state index contributed by atoms with van der Waals surface area (Å²) >= 11 is 7.73. The number of thiophene rings is 1. The molecule has 2 heterocycles. The van der Waals surface area contributed by atoms with Crippen LogP contribution in [0.15, 0.2) is 60.0 Å². The summed E-state index contributed by atoms with van der Waals surface area (Å²) in [4.78, 5) is 31.6. The Kier molecular flexibility index (Phi) is 6.97. The maximum absolute atomic E-state index is 13.6. The fraction of sp³-hybridized carbons (Fsp3) is 0.308. The maximum atomic E-state index is 13.6. The minimum absolute atomic E-state index is 0.0248. The molecule has 1 atom stereocenters. The van der Waals surface area contributed by atoms with Gasteiger partial charge in [-0.3, -0.25) is 9.59 Å². The van der Waals surface area contributed by atoms with E-state index in [9.17, 15) is 9.59 Å². The predicted octanol–water partition coefficient (Wildman–Crippen LogP) is 5.74. The lowest BCUT2D eigenvalue weighted by atomic mass is 9.92. The van der Waals surface area contributed by atoms with E-state index in [1.54, 1.807) is 40.5 Å². The van der Waals surface area contributed by atoms with Crippen LogP contribution in [0.25, 0.3) is 0 Å². The number of carbonyl (C=O) groups excluding carboxylic acids is 2. The third-order valence-electron chi connectivity index (χ3n) is 5.88. The molecule has 6 heteroatoms. The van der Waals surface area contributed by atoms with E-state index in [0.717, 1.165) is 18.4 Å². The van der Waals surface area contributed by atoms with Gasteiger partial charge < -0.3 is 9.80 Å². The third kappa shape index (κ3) is 4.74. The first-order valence-corrected chi connectivity index (χ1v) is 12.2. The number of halogens is 1. The van der Waals surface area contributed by atoms with Crippen molar-refractivity contribution in [1.82, 2.24) is 9.80 Å². The molecule has 0 bridgehead atoms. The zero-order chi connectivity index (χ0) is 22.7. The van der Waals surface area contributed by atoms with E-state index in [1.807, 2.05) is 11.8 Å². The molecular formula is C26H27ClN2O2S. The molecule has 1 aliphatic heterocycles. The van der Waals surface area contributed by atoms with Gasteiger partial charge in [-0.15, -0.1) is 11.3 Å². The van der Waals surface area contributed by atoms with Crippen molar-refractivity contribution in [3.05, 3.63) is 92.1 Å². The van der Waals surface area contributed by atoms with Crippen molar-refractivity contribution in [2.45, 2.75) is 32.7 Å². The molecule has 32 heavy (non-hydrogen) atoms. The smallest absolute Gasteiger partial charge is 0.254 e. The molecule has 0 N–H and O–H groups in total. The SMILES string of the molecule is CCCN(CC(=O)N1CCc2sccc2C1c1ccc(C)cc1)C(=O)c1ccc(Cl)cc1. The highest BCUT2D eigenvalue weighted by Crippen LogP contribution is 2.38. The number of hydrogen-bond donors (Lipinski definition) is 0. The van der Waals surface area contributed by atoms with Crippen molar-refractivity contribution in [2.24, 2.45) is 0 Å². The van der Waals surface area contributed by atoms with E-state index < -0.39 is 0 Å². The molecule has 166 valence electrons.